The van der Waals surface area contributed by atoms with Crippen LogP contribution in [-0.4, -0.2) is 60.8 Å². The molecule has 0 aromatic heterocycles. The first-order chi connectivity index (χ1) is 18.9. The molecule has 8 nitrogen and oxygen atoms in total. The molecule has 1 aliphatic carbocycles. The Labute approximate surface area is 229 Å². The Morgan fingerprint density at radius 1 is 0.923 bits per heavy atom. The molecule has 2 atom stereocenters. The van der Waals surface area contributed by atoms with Crippen LogP contribution in [0.2, 0.25) is 0 Å². The minimum absolute atomic E-state index is 0.0468. The standard InChI is InChI=1S/C31H35N3O5/c1-3-22(29(35)33-28(30(36)37)19-34(2)18-21-11-5-4-6-12-21)17-32-31(38)39-20-27-25-15-9-7-13-23(25)24-14-8-10-16-26(24)27/h4-16,22,27-28H,3,17-20H2,1-2H3,(H,32,38)(H,33,35)(H,36,37). The maximum Gasteiger partial charge on any atom is 0.407 e. The van der Waals surface area contributed by atoms with Gasteiger partial charge in [0.1, 0.15) is 12.6 Å². The van der Waals surface area contributed by atoms with Crippen LogP contribution in [0.1, 0.15) is 36.0 Å². The minimum Gasteiger partial charge on any atom is -0.480 e. The summed E-state index contributed by atoms with van der Waals surface area (Å²) in [5.41, 5.74) is 5.58. The van der Waals surface area contributed by atoms with Crippen molar-refractivity contribution < 1.29 is 24.2 Å². The summed E-state index contributed by atoms with van der Waals surface area (Å²) < 4.78 is 5.56. The first-order valence-corrected chi connectivity index (χ1v) is 13.2. The van der Waals surface area contributed by atoms with Crippen molar-refractivity contribution in [2.45, 2.75) is 31.8 Å². The summed E-state index contributed by atoms with van der Waals surface area (Å²) in [6.07, 6.45) is -0.178. The average molecular weight is 530 g/mol. The van der Waals surface area contributed by atoms with Gasteiger partial charge in [-0.25, -0.2) is 9.59 Å². The van der Waals surface area contributed by atoms with E-state index in [0.29, 0.717) is 13.0 Å². The number of carboxylic acids is 1. The fourth-order valence-electron chi connectivity index (χ4n) is 5.02. The number of carbonyl (C=O) groups is 3. The number of hydrogen-bond acceptors (Lipinski definition) is 5. The van der Waals surface area contributed by atoms with E-state index in [1.807, 2.05) is 73.5 Å². The van der Waals surface area contributed by atoms with Gasteiger partial charge in [-0.1, -0.05) is 85.8 Å². The Morgan fingerprint density at radius 2 is 1.51 bits per heavy atom. The number of alkyl carbamates (subject to hydrolysis) is 1. The number of rotatable bonds is 12. The van der Waals surface area contributed by atoms with Gasteiger partial charge in [-0.2, -0.15) is 0 Å². The highest BCUT2D eigenvalue weighted by atomic mass is 16.5. The van der Waals surface area contributed by atoms with Crippen molar-refractivity contribution in [3.8, 4) is 11.1 Å². The molecular weight excluding hydrogens is 494 g/mol. The maximum absolute atomic E-state index is 12.9. The third kappa shape index (κ3) is 7.03. The van der Waals surface area contributed by atoms with E-state index >= 15 is 0 Å². The summed E-state index contributed by atoms with van der Waals surface area (Å²) in [6.45, 7) is 2.75. The molecule has 0 heterocycles. The molecule has 39 heavy (non-hydrogen) atoms. The molecule has 0 spiro atoms. The molecule has 204 valence electrons. The van der Waals surface area contributed by atoms with Crippen molar-refractivity contribution in [2.75, 3.05) is 26.7 Å². The molecule has 8 heteroatoms. The lowest BCUT2D eigenvalue weighted by atomic mass is 9.98. The fourth-order valence-corrected chi connectivity index (χ4v) is 5.02. The highest BCUT2D eigenvalue weighted by Gasteiger charge is 2.30. The number of carbonyl (C=O) groups excluding carboxylic acids is 2. The van der Waals surface area contributed by atoms with Gasteiger partial charge >= 0.3 is 12.1 Å². The molecule has 1 aliphatic rings. The first-order valence-electron chi connectivity index (χ1n) is 13.2. The zero-order valence-corrected chi connectivity index (χ0v) is 22.3. The zero-order chi connectivity index (χ0) is 27.8. The van der Waals surface area contributed by atoms with Crippen LogP contribution in [0.4, 0.5) is 4.79 Å². The lowest BCUT2D eigenvalue weighted by molar-refractivity contribution is -0.143. The van der Waals surface area contributed by atoms with Crippen molar-refractivity contribution in [1.82, 2.24) is 15.5 Å². The first kappa shape index (κ1) is 27.9. The summed E-state index contributed by atoms with van der Waals surface area (Å²) in [5.74, 6) is -2.18. The molecule has 0 bridgehead atoms. The second-order valence-electron chi connectivity index (χ2n) is 9.89. The second kappa shape index (κ2) is 13.1. The van der Waals surface area contributed by atoms with E-state index < -0.39 is 29.9 Å². The number of nitrogens with one attached hydrogen (secondary N) is 2. The van der Waals surface area contributed by atoms with E-state index in [0.717, 1.165) is 27.8 Å². The van der Waals surface area contributed by atoms with Crippen LogP contribution in [-0.2, 0) is 20.9 Å². The molecule has 0 aliphatic heterocycles. The Morgan fingerprint density at radius 3 is 2.10 bits per heavy atom. The van der Waals surface area contributed by atoms with Crippen LogP contribution < -0.4 is 10.6 Å². The number of aliphatic carboxylic acids is 1. The van der Waals surface area contributed by atoms with E-state index in [9.17, 15) is 19.5 Å². The number of likely N-dealkylation sites (N-methyl/N-ethyl adjacent to an activating group) is 1. The summed E-state index contributed by atoms with van der Waals surface area (Å²) in [4.78, 5) is 39.2. The van der Waals surface area contributed by atoms with Gasteiger partial charge in [0.2, 0.25) is 5.91 Å². The van der Waals surface area contributed by atoms with Gasteiger partial charge in [-0.15, -0.1) is 0 Å². The van der Waals surface area contributed by atoms with Gasteiger partial charge in [0.25, 0.3) is 0 Å². The molecule has 2 unspecified atom stereocenters. The van der Waals surface area contributed by atoms with Crippen LogP contribution in [0.5, 0.6) is 0 Å². The Bertz CT molecular complexity index is 1250. The number of amides is 2. The van der Waals surface area contributed by atoms with Crippen LogP contribution in [0.15, 0.2) is 78.9 Å². The van der Waals surface area contributed by atoms with Crippen molar-refractivity contribution >= 4 is 18.0 Å². The molecule has 0 fully saturated rings. The van der Waals surface area contributed by atoms with Crippen LogP contribution in [0.3, 0.4) is 0 Å². The van der Waals surface area contributed by atoms with Gasteiger partial charge in [0, 0.05) is 25.6 Å². The summed E-state index contributed by atoms with van der Waals surface area (Å²) in [6, 6.07) is 24.8. The zero-order valence-electron chi connectivity index (χ0n) is 22.3. The minimum atomic E-state index is -1.11. The highest BCUT2D eigenvalue weighted by molar-refractivity contribution is 5.85. The largest absolute Gasteiger partial charge is 0.480 e. The van der Waals surface area contributed by atoms with E-state index in [1.165, 1.54) is 0 Å². The number of carboxylic acid groups (broad SMARTS) is 1. The third-order valence-corrected chi connectivity index (χ3v) is 7.10. The van der Waals surface area contributed by atoms with E-state index in [-0.39, 0.29) is 25.6 Å². The molecule has 3 N–H and O–H groups in total. The number of benzene rings is 3. The van der Waals surface area contributed by atoms with Gasteiger partial charge in [0.15, 0.2) is 0 Å². The molecule has 4 rings (SSSR count). The summed E-state index contributed by atoms with van der Waals surface area (Å²) >= 11 is 0. The van der Waals surface area contributed by atoms with Crippen molar-refractivity contribution in [3.05, 3.63) is 95.6 Å². The van der Waals surface area contributed by atoms with Gasteiger partial charge in [-0.05, 0) is 41.3 Å². The molecule has 2 amide bonds. The van der Waals surface area contributed by atoms with Crippen LogP contribution in [0, 0.1) is 5.92 Å². The lowest BCUT2D eigenvalue weighted by Gasteiger charge is -2.24. The normalized spacial score (nSPS) is 13.7. The Hall–Kier alpha value is -4.17. The number of ether oxygens (including phenoxy) is 1. The number of hydrogen-bond donors (Lipinski definition) is 3. The Kier molecular flexibility index (Phi) is 9.33. The van der Waals surface area contributed by atoms with Gasteiger partial charge in [-0.3, -0.25) is 9.69 Å². The van der Waals surface area contributed by atoms with Crippen molar-refractivity contribution in [2.24, 2.45) is 5.92 Å². The maximum atomic E-state index is 12.9. The quantitative estimate of drug-likeness (QED) is 0.324. The predicted molar refractivity (Wildman–Crippen MR) is 149 cm³/mol. The summed E-state index contributed by atoms with van der Waals surface area (Å²) in [7, 11) is 1.81. The monoisotopic (exact) mass is 529 g/mol. The lowest BCUT2D eigenvalue weighted by Crippen LogP contribution is -2.50. The SMILES string of the molecule is CCC(CNC(=O)OCC1c2ccccc2-c2ccccc21)C(=O)NC(CN(C)Cc1ccccc1)C(=O)O. The second-order valence-corrected chi connectivity index (χ2v) is 9.89. The Balaban J connectivity index is 1.28. The molecular formula is C31H35N3O5. The van der Waals surface area contributed by atoms with Gasteiger partial charge < -0.3 is 20.5 Å². The smallest absolute Gasteiger partial charge is 0.407 e. The molecule has 0 saturated carbocycles. The van der Waals surface area contributed by atoms with Gasteiger partial charge in [0.05, 0.1) is 5.92 Å². The third-order valence-electron chi connectivity index (χ3n) is 7.10. The average Bonchev–Trinajstić information content (AvgIpc) is 3.26. The predicted octanol–water partition coefficient (Wildman–Crippen LogP) is 4.25. The van der Waals surface area contributed by atoms with Crippen molar-refractivity contribution in [3.63, 3.8) is 0 Å². The van der Waals surface area contributed by atoms with Crippen LogP contribution >= 0.6 is 0 Å². The topological polar surface area (TPSA) is 108 Å². The van der Waals surface area contributed by atoms with E-state index in [1.54, 1.807) is 0 Å². The van der Waals surface area contributed by atoms with Crippen LogP contribution in [0.25, 0.3) is 11.1 Å². The molecule has 3 aromatic rings. The highest BCUT2D eigenvalue weighted by Crippen LogP contribution is 2.44. The number of nitrogens with zero attached hydrogens (tertiary/aromatic N) is 1. The number of fused-ring (bicyclic) bond motifs is 3. The van der Waals surface area contributed by atoms with E-state index in [2.05, 4.69) is 34.9 Å². The molecule has 3 aromatic carbocycles. The molecule has 0 radical (unpaired) electrons. The summed E-state index contributed by atoms with van der Waals surface area (Å²) in [5, 5.41) is 15.0. The van der Waals surface area contributed by atoms with Crippen molar-refractivity contribution in [1.29, 1.82) is 0 Å². The molecule has 0 saturated heterocycles. The van der Waals surface area contributed by atoms with E-state index in [4.69, 9.17) is 4.74 Å². The fraction of sp³-hybridized carbons (Fsp3) is 0.323.